The second kappa shape index (κ2) is 4.05. The summed E-state index contributed by atoms with van der Waals surface area (Å²) in [6.45, 7) is 8.41. The van der Waals surface area contributed by atoms with E-state index in [2.05, 4.69) is 37.9 Å². The van der Waals surface area contributed by atoms with Crippen LogP contribution in [0.3, 0.4) is 0 Å². The zero-order valence-electron chi connectivity index (χ0n) is 11.4. The summed E-state index contributed by atoms with van der Waals surface area (Å²) < 4.78 is 1.41. The van der Waals surface area contributed by atoms with Gasteiger partial charge in [-0.15, -0.1) is 0 Å². The van der Waals surface area contributed by atoms with Crippen molar-refractivity contribution in [2.24, 2.45) is 0 Å². The van der Waals surface area contributed by atoms with Crippen LogP contribution >= 0.6 is 0 Å². The summed E-state index contributed by atoms with van der Waals surface area (Å²) in [5, 5.41) is 0. The van der Waals surface area contributed by atoms with E-state index < -0.39 is 0 Å². The molecule has 96 valence electrons. The molecule has 0 fully saturated rings. The maximum Gasteiger partial charge on any atom is 0.150 e. The lowest BCUT2D eigenvalue weighted by atomic mass is 9.86. The molecule has 0 bridgehead atoms. The van der Waals surface area contributed by atoms with E-state index in [1.807, 2.05) is 19.1 Å². The van der Waals surface area contributed by atoms with E-state index in [0.717, 1.165) is 11.3 Å². The molecule has 0 saturated heterocycles. The Hall–Kier alpha value is -1.97. The Balaban J connectivity index is 2.44. The molecule has 1 aromatic carbocycles. The minimum atomic E-state index is 0.146. The van der Waals surface area contributed by atoms with Crippen molar-refractivity contribution in [2.45, 2.75) is 33.1 Å². The predicted molar refractivity (Wildman–Crippen MR) is 75.7 cm³/mol. The highest BCUT2D eigenvalue weighted by Crippen LogP contribution is 2.28. The number of rotatable bonds is 1. The van der Waals surface area contributed by atoms with Crippen LogP contribution in [0.5, 0.6) is 0 Å². The topological polar surface area (TPSA) is 69.9 Å². The van der Waals surface area contributed by atoms with Gasteiger partial charge in [0.2, 0.25) is 0 Å². The molecule has 4 heteroatoms. The van der Waals surface area contributed by atoms with E-state index in [4.69, 9.17) is 11.6 Å². The van der Waals surface area contributed by atoms with Crippen LogP contribution in [0.1, 0.15) is 32.2 Å². The van der Waals surface area contributed by atoms with Gasteiger partial charge in [0.05, 0.1) is 0 Å². The van der Waals surface area contributed by atoms with Gasteiger partial charge < -0.3 is 11.6 Å². The monoisotopic (exact) mass is 244 g/mol. The lowest BCUT2D eigenvalue weighted by Gasteiger charge is -2.19. The van der Waals surface area contributed by atoms with Gasteiger partial charge in [0.15, 0.2) is 5.82 Å². The van der Waals surface area contributed by atoms with Gasteiger partial charge in [-0.3, -0.25) is 0 Å². The molecule has 0 atom stereocenters. The highest BCUT2D eigenvalue weighted by molar-refractivity contribution is 5.71. The molecule has 4 N–H and O–H groups in total. The van der Waals surface area contributed by atoms with Crippen LogP contribution in [0.2, 0.25) is 0 Å². The molecule has 18 heavy (non-hydrogen) atoms. The number of aromatic nitrogens is 2. The molecule has 2 aromatic rings. The summed E-state index contributed by atoms with van der Waals surface area (Å²) in [7, 11) is 0. The summed E-state index contributed by atoms with van der Waals surface area (Å²) in [5.41, 5.74) is 9.11. The van der Waals surface area contributed by atoms with Crippen molar-refractivity contribution in [3.63, 3.8) is 0 Å². The van der Waals surface area contributed by atoms with Crippen molar-refractivity contribution < 1.29 is 0 Å². The lowest BCUT2D eigenvalue weighted by molar-refractivity contribution is 0.590. The minimum Gasteiger partial charge on any atom is -0.382 e. The van der Waals surface area contributed by atoms with Gasteiger partial charge in [-0.05, 0) is 17.9 Å². The third-order valence-corrected chi connectivity index (χ3v) is 3.15. The van der Waals surface area contributed by atoms with E-state index in [-0.39, 0.29) is 5.41 Å². The molecule has 0 aliphatic rings. The average molecular weight is 244 g/mol. The molecular formula is C14H20N4. The maximum absolute atomic E-state index is 5.93. The van der Waals surface area contributed by atoms with Crippen LogP contribution in [0.15, 0.2) is 24.3 Å². The van der Waals surface area contributed by atoms with Crippen LogP contribution in [0.4, 0.5) is 5.82 Å². The SMILES string of the molecule is Cc1nc(-c2ccc(C(C)(C)C)cc2)c(N)n1N. The molecule has 0 spiro atoms. The Morgan fingerprint density at radius 3 is 2.06 bits per heavy atom. The van der Waals surface area contributed by atoms with Crippen molar-refractivity contribution in [2.75, 3.05) is 11.6 Å². The smallest absolute Gasteiger partial charge is 0.150 e. The number of hydrogen-bond donors (Lipinski definition) is 2. The van der Waals surface area contributed by atoms with E-state index in [1.54, 1.807) is 0 Å². The molecule has 0 aliphatic heterocycles. The molecule has 0 aliphatic carbocycles. The fourth-order valence-corrected chi connectivity index (χ4v) is 1.90. The number of nitrogens with two attached hydrogens (primary N) is 2. The number of anilines is 1. The zero-order chi connectivity index (χ0) is 13.5. The van der Waals surface area contributed by atoms with Crippen molar-refractivity contribution in [3.05, 3.63) is 35.7 Å². The zero-order valence-corrected chi connectivity index (χ0v) is 11.4. The summed E-state index contributed by atoms with van der Waals surface area (Å²) in [6.07, 6.45) is 0. The number of nitrogens with zero attached hydrogens (tertiary/aromatic N) is 2. The Bertz CT molecular complexity index is 559. The number of imidazole rings is 1. The molecular weight excluding hydrogens is 224 g/mol. The molecule has 4 nitrogen and oxygen atoms in total. The second-order valence-electron chi connectivity index (χ2n) is 5.59. The first-order chi connectivity index (χ1) is 8.30. The van der Waals surface area contributed by atoms with Crippen molar-refractivity contribution >= 4 is 5.82 Å². The molecule has 0 radical (unpaired) electrons. The van der Waals surface area contributed by atoms with Crippen LogP contribution in [0.25, 0.3) is 11.3 Å². The van der Waals surface area contributed by atoms with Gasteiger partial charge in [-0.1, -0.05) is 45.0 Å². The highest BCUT2D eigenvalue weighted by atomic mass is 15.4. The third kappa shape index (κ3) is 2.06. The van der Waals surface area contributed by atoms with E-state index in [0.29, 0.717) is 11.6 Å². The maximum atomic E-state index is 5.93. The highest BCUT2D eigenvalue weighted by Gasteiger charge is 2.15. The molecule has 1 heterocycles. The minimum absolute atomic E-state index is 0.146. The number of nitrogen functional groups attached to an aromatic ring is 2. The Labute approximate surface area is 108 Å². The van der Waals surface area contributed by atoms with E-state index >= 15 is 0 Å². The Kier molecular flexibility index (Phi) is 2.81. The summed E-state index contributed by atoms with van der Waals surface area (Å²) >= 11 is 0. The second-order valence-corrected chi connectivity index (χ2v) is 5.59. The van der Waals surface area contributed by atoms with Gasteiger partial charge in [-0.2, -0.15) is 0 Å². The molecule has 2 rings (SSSR count). The van der Waals surface area contributed by atoms with Gasteiger partial charge in [0.1, 0.15) is 11.5 Å². The first-order valence-electron chi connectivity index (χ1n) is 6.01. The van der Waals surface area contributed by atoms with Crippen molar-refractivity contribution in [1.29, 1.82) is 0 Å². The Morgan fingerprint density at radius 2 is 1.67 bits per heavy atom. The van der Waals surface area contributed by atoms with Crippen LogP contribution in [-0.4, -0.2) is 9.66 Å². The van der Waals surface area contributed by atoms with Gasteiger partial charge in [0.25, 0.3) is 0 Å². The molecule has 0 amide bonds. The Morgan fingerprint density at radius 1 is 1.11 bits per heavy atom. The molecule has 0 unspecified atom stereocenters. The largest absolute Gasteiger partial charge is 0.382 e. The molecule has 1 aromatic heterocycles. The first kappa shape index (κ1) is 12.5. The van der Waals surface area contributed by atoms with E-state index in [1.165, 1.54) is 10.2 Å². The van der Waals surface area contributed by atoms with Crippen molar-refractivity contribution in [3.8, 4) is 11.3 Å². The van der Waals surface area contributed by atoms with Gasteiger partial charge in [-0.25, -0.2) is 9.66 Å². The summed E-state index contributed by atoms with van der Waals surface area (Å²) in [6, 6.07) is 8.30. The fraction of sp³-hybridized carbons (Fsp3) is 0.357. The lowest BCUT2D eigenvalue weighted by Crippen LogP contribution is -2.13. The average Bonchev–Trinajstić information content (AvgIpc) is 2.56. The van der Waals surface area contributed by atoms with E-state index in [9.17, 15) is 0 Å². The quantitative estimate of drug-likeness (QED) is 0.757. The summed E-state index contributed by atoms with van der Waals surface area (Å²) in [4.78, 5) is 4.38. The van der Waals surface area contributed by atoms with Crippen LogP contribution in [0, 0.1) is 6.92 Å². The predicted octanol–water partition coefficient (Wildman–Crippen LogP) is 2.45. The van der Waals surface area contributed by atoms with Crippen LogP contribution in [-0.2, 0) is 5.41 Å². The fourth-order valence-electron chi connectivity index (χ4n) is 1.90. The third-order valence-electron chi connectivity index (χ3n) is 3.15. The van der Waals surface area contributed by atoms with Gasteiger partial charge >= 0.3 is 0 Å². The standard InChI is InChI=1S/C14H20N4/c1-9-17-12(13(15)18(9)16)10-5-7-11(8-6-10)14(2,3)4/h5-8H,15-16H2,1-4H3. The summed E-state index contributed by atoms with van der Waals surface area (Å²) in [5.74, 6) is 6.98. The van der Waals surface area contributed by atoms with Crippen LogP contribution < -0.4 is 11.6 Å². The van der Waals surface area contributed by atoms with Gasteiger partial charge in [0, 0.05) is 5.56 Å². The van der Waals surface area contributed by atoms with Crippen molar-refractivity contribution in [1.82, 2.24) is 9.66 Å². The normalized spacial score (nSPS) is 11.8. The molecule has 0 saturated carbocycles. The number of aryl methyl sites for hydroxylation is 1. The first-order valence-corrected chi connectivity index (χ1v) is 6.01. The number of hydrogen-bond acceptors (Lipinski definition) is 3. The number of benzene rings is 1.